The van der Waals surface area contributed by atoms with Crippen molar-refractivity contribution in [2.45, 2.75) is 5.37 Å². The normalized spacial score (nSPS) is 19.2. The van der Waals surface area contributed by atoms with Gasteiger partial charge < -0.3 is 0 Å². The first-order chi connectivity index (χ1) is 9.16. The third-order valence-corrected chi connectivity index (χ3v) is 5.09. The van der Waals surface area contributed by atoms with Gasteiger partial charge in [0.2, 0.25) is 5.91 Å². The van der Waals surface area contributed by atoms with Crippen LogP contribution in [0.1, 0.15) is 10.3 Å². The minimum atomic E-state index is -0.711. The van der Waals surface area contributed by atoms with Crippen LogP contribution in [0.5, 0.6) is 0 Å². The van der Waals surface area contributed by atoms with Crippen LogP contribution in [0, 0.1) is 11.6 Å². The number of benzene rings is 1. The summed E-state index contributed by atoms with van der Waals surface area (Å²) in [7, 11) is 0. The smallest absolute Gasteiger partial charge is 0.238 e. The first-order valence-electron chi connectivity index (χ1n) is 5.59. The summed E-state index contributed by atoms with van der Waals surface area (Å²) in [5.41, 5.74) is 0.134. The Morgan fingerprint density at radius 1 is 1.26 bits per heavy atom. The van der Waals surface area contributed by atoms with Gasteiger partial charge in [0.05, 0.1) is 11.4 Å². The zero-order valence-electron chi connectivity index (χ0n) is 9.68. The Balaban J connectivity index is 2.03. The molecule has 98 valence electrons. The predicted octanol–water partition coefficient (Wildman–Crippen LogP) is 3.80. The van der Waals surface area contributed by atoms with Crippen molar-refractivity contribution in [1.29, 1.82) is 0 Å². The summed E-state index contributed by atoms with van der Waals surface area (Å²) in [5, 5.41) is 1.69. The second kappa shape index (κ2) is 4.94. The maximum absolute atomic E-state index is 13.9. The number of nitrogens with zero attached hydrogens (tertiary/aromatic N) is 1. The zero-order chi connectivity index (χ0) is 13.4. The van der Waals surface area contributed by atoms with Gasteiger partial charge >= 0.3 is 0 Å². The molecule has 1 aliphatic rings. The molecule has 6 heteroatoms. The van der Waals surface area contributed by atoms with Crippen molar-refractivity contribution in [2.75, 3.05) is 10.7 Å². The van der Waals surface area contributed by atoms with Crippen molar-refractivity contribution >= 4 is 34.7 Å². The average molecular weight is 297 g/mol. The van der Waals surface area contributed by atoms with E-state index >= 15 is 0 Å². The number of thioether (sulfide) groups is 1. The van der Waals surface area contributed by atoms with Crippen LogP contribution < -0.4 is 4.90 Å². The molecule has 0 N–H and O–H groups in total. The zero-order valence-corrected chi connectivity index (χ0v) is 11.3. The molecule has 1 amide bonds. The van der Waals surface area contributed by atoms with Gasteiger partial charge in [-0.1, -0.05) is 6.07 Å². The lowest BCUT2D eigenvalue weighted by atomic mass is 10.2. The maximum Gasteiger partial charge on any atom is 0.238 e. The van der Waals surface area contributed by atoms with E-state index in [1.165, 1.54) is 40.1 Å². The molecule has 1 aliphatic heterocycles. The summed E-state index contributed by atoms with van der Waals surface area (Å²) in [6.07, 6.45) is 0. The number of anilines is 1. The van der Waals surface area contributed by atoms with Crippen LogP contribution in [0.4, 0.5) is 14.5 Å². The summed E-state index contributed by atoms with van der Waals surface area (Å²) < 4.78 is 26.8. The minimum Gasteiger partial charge on any atom is -0.291 e. The molecule has 1 aromatic heterocycles. The Kier molecular flexibility index (Phi) is 3.28. The summed E-state index contributed by atoms with van der Waals surface area (Å²) >= 11 is 2.97. The molecule has 1 aromatic carbocycles. The van der Waals surface area contributed by atoms with E-state index in [4.69, 9.17) is 0 Å². The lowest BCUT2D eigenvalue weighted by Crippen LogP contribution is -2.28. The SMILES string of the molecule is O=C1CS[C@H](c2cccs2)N1c1ccc(F)cc1F. The quantitative estimate of drug-likeness (QED) is 0.840. The number of hydrogen-bond acceptors (Lipinski definition) is 3. The van der Waals surface area contributed by atoms with E-state index in [1.807, 2.05) is 17.5 Å². The highest BCUT2D eigenvalue weighted by molar-refractivity contribution is 8.01. The highest BCUT2D eigenvalue weighted by Gasteiger charge is 2.36. The number of halogens is 2. The lowest BCUT2D eigenvalue weighted by molar-refractivity contribution is -0.115. The third kappa shape index (κ3) is 2.26. The van der Waals surface area contributed by atoms with Gasteiger partial charge in [0.1, 0.15) is 17.0 Å². The van der Waals surface area contributed by atoms with Gasteiger partial charge in [0, 0.05) is 10.9 Å². The monoisotopic (exact) mass is 297 g/mol. The fourth-order valence-electron chi connectivity index (χ4n) is 2.00. The Hall–Kier alpha value is -1.40. The van der Waals surface area contributed by atoms with E-state index < -0.39 is 11.6 Å². The maximum atomic E-state index is 13.9. The van der Waals surface area contributed by atoms with E-state index in [-0.39, 0.29) is 17.0 Å². The number of hydrogen-bond donors (Lipinski definition) is 0. The van der Waals surface area contributed by atoms with E-state index in [2.05, 4.69) is 0 Å². The van der Waals surface area contributed by atoms with Crippen LogP contribution in [0.3, 0.4) is 0 Å². The van der Waals surface area contributed by atoms with E-state index in [1.54, 1.807) is 0 Å². The van der Waals surface area contributed by atoms with Crippen LogP contribution in [0.15, 0.2) is 35.7 Å². The number of carbonyl (C=O) groups is 1. The number of amides is 1. The molecule has 1 saturated heterocycles. The van der Waals surface area contributed by atoms with Crippen LogP contribution in [0.2, 0.25) is 0 Å². The number of rotatable bonds is 2. The fraction of sp³-hybridized carbons (Fsp3) is 0.154. The van der Waals surface area contributed by atoms with Crippen LogP contribution >= 0.6 is 23.1 Å². The molecule has 2 aromatic rings. The van der Waals surface area contributed by atoms with Gasteiger partial charge in [-0.15, -0.1) is 23.1 Å². The van der Waals surface area contributed by atoms with E-state index in [9.17, 15) is 13.6 Å². The van der Waals surface area contributed by atoms with E-state index in [0.29, 0.717) is 5.75 Å². The molecule has 0 aliphatic carbocycles. The molecule has 0 unspecified atom stereocenters. The van der Waals surface area contributed by atoms with Crippen LogP contribution in [-0.4, -0.2) is 11.7 Å². The Morgan fingerprint density at radius 3 is 2.79 bits per heavy atom. The van der Waals surface area contributed by atoms with Gasteiger partial charge in [0.15, 0.2) is 0 Å². The largest absolute Gasteiger partial charge is 0.291 e. The molecule has 19 heavy (non-hydrogen) atoms. The van der Waals surface area contributed by atoms with Crippen LogP contribution in [-0.2, 0) is 4.79 Å². The Bertz CT molecular complexity index is 615. The Morgan fingerprint density at radius 2 is 2.11 bits per heavy atom. The summed E-state index contributed by atoms with van der Waals surface area (Å²) in [6, 6.07) is 7.09. The highest BCUT2D eigenvalue weighted by atomic mass is 32.2. The Labute approximate surface area is 117 Å². The molecular formula is C13H9F2NOS2. The first kappa shape index (κ1) is 12.6. The third-order valence-electron chi connectivity index (χ3n) is 2.82. The van der Waals surface area contributed by atoms with Gasteiger partial charge in [-0.05, 0) is 23.6 Å². The molecule has 0 saturated carbocycles. The molecule has 0 bridgehead atoms. The standard InChI is InChI=1S/C13H9F2NOS2/c14-8-3-4-10(9(15)6-8)16-12(17)7-19-13(16)11-2-1-5-18-11/h1-6,13H,7H2/t13-/m1/s1. The number of thiophene rings is 1. The molecule has 0 radical (unpaired) electrons. The highest BCUT2D eigenvalue weighted by Crippen LogP contribution is 2.43. The first-order valence-corrected chi connectivity index (χ1v) is 7.52. The molecular weight excluding hydrogens is 288 g/mol. The summed E-state index contributed by atoms with van der Waals surface area (Å²) in [5.74, 6) is -1.21. The molecule has 1 atom stereocenters. The average Bonchev–Trinajstić information content (AvgIpc) is 2.99. The second-order valence-electron chi connectivity index (χ2n) is 4.04. The van der Waals surface area contributed by atoms with Crippen molar-refractivity contribution < 1.29 is 13.6 Å². The van der Waals surface area contributed by atoms with Crippen molar-refractivity contribution in [3.63, 3.8) is 0 Å². The van der Waals surface area contributed by atoms with Crippen LogP contribution in [0.25, 0.3) is 0 Å². The van der Waals surface area contributed by atoms with Gasteiger partial charge in [-0.25, -0.2) is 8.78 Å². The summed E-state index contributed by atoms with van der Waals surface area (Å²) in [6.45, 7) is 0. The molecule has 3 rings (SSSR count). The van der Waals surface area contributed by atoms with Gasteiger partial charge in [-0.2, -0.15) is 0 Å². The van der Waals surface area contributed by atoms with Gasteiger partial charge in [-0.3, -0.25) is 9.69 Å². The van der Waals surface area contributed by atoms with Crippen molar-refractivity contribution in [2.24, 2.45) is 0 Å². The van der Waals surface area contributed by atoms with Crippen molar-refractivity contribution in [3.05, 3.63) is 52.2 Å². The molecule has 1 fully saturated rings. The van der Waals surface area contributed by atoms with Crippen molar-refractivity contribution in [3.8, 4) is 0 Å². The predicted molar refractivity (Wildman–Crippen MR) is 73.4 cm³/mol. The van der Waals surface area contributed by atoms with Gasteiger partial charge in [0.25, 0.3) is 0 Å². The summed E-state index contributed by atoms with van der Waals surface area (Å²) in [4.78, 5) is 14.4. The molecule has 2 heterocycles. The van der Waals surface area contributed by atoms with E-state index in [0.717, 1.165) is 10.9 Å². The van der Waals surface area contributed by atoms with Crippen molar-refractivity contribution in [1.82, 2.24) is 0 Å². The molecule has 0 spiro atoms. The minimum absolute atomic E-state index is 0.134. The topological polar surface area (TPSA) is 20.3 Å². The fourth-order valence-corrected chi connectivity index (χ4v) is 4.13. The lowest BCUT2D eigenvalue weighted by Gasteiger charge is -2.23. The second-order valence-corrected chi connectivity index (χ2v) is 6.09. The number of carbonyl (C=O) groups excluding carboxylic acids is 1. The molecule has 2 nitrogen and oxygen atoms in total.